The van der Waals surface area contributed by atoms with Crippen molar-refractivity contribution in [1.29, 1.82) is 0 Å². The van der Waals surface area contributed by atoms with E-state index >= 15 is 0 Å². The number of hydrogen-bond acceptors (Lipinski definition) is 5. The Hall–Kier alpha value is -6.96. The SMILES string of the molecule is c1ccc(-c2nc(-c3ccc4c(c3)Sc3cccc5c6c7ccccc7n(-c7ccccc7)c6n-4c35)nc(-c3cccc4c3oc3ccccc34)n2)cc1. The molecule has 0 unspecified atom stereocenters. The van der Waals surface area contributed by atoms with Crippen molar-refractivity contribution in [3.8, 4) is 45.5 Å². The van der Waals surface area contributed by atoms with Crippen LogP contribution in [0.5, 0.6) is 0 Å². The third-order valence-corrected chi connectivity index (χ3v) is 11.7. The lowest BCUT2D eigenvalue weighted by molar-refractivity contribution is 0.669. The molecule has 0 aliphatic carbocycles. The third-order valence-electron chi connectivity index (χ3n) is 10.6. The molecule has 0 atom stereocenters. The molecule has 5 heterocycles. The second-order valence-electron chi connectivity index (χ2n) is 13.6. The van der Waals surface area contributed by atoms with E-state index in [1.165, 1.54) is 32.1 Å². The zero-order valence-corrected chi connectivity index (χ0v) is 29.5. The van der Waals surface area contributed by atoms with Crippen molar-refractivity contribution in [2.75, 3.05) is 0 Å². The zero-order chi connectivity index (χ0) is 35.3. The molecule has 0 spiro atoms. The lowest BCUT2D eigenvalue weighted by Gasteiger charge is -2.22. The summed E-state index contributed by atoms with van der Waals surface area (Å²) in [7, 11) is 0. The van der Waals surface area contributed by atoms with Crippen LogP contribution in [0.1, 0.15) is 0 Å². The third kappa shape index (κ3) is 4.21. The lowest BCUT2D eigenvalue weighted by atomic mass is 10.1. The quantitative estimate of drug-likeness (QED) is 0.182. The summed E-state index contributed by atoms with van der Waals surface area (Å²) in [6.07, 6.45) is 0. The molecule has 12 rings (SSSR count). The molecule has 54 heavy (non-hydrogen) atoms. The minimum absolute atomic E-state index is 0.570. The van der Waals surface area contributed by atoms with Crippen molar-refractivity contribution in [2.24, 2.45) is 0 Å². The Morgan fingerprint density at radius 2 is 1.17 bits per heavy atom. The van der Waals surface area contributed by atoms with E-state index in [-0.39, 0.29) is 0 Å². The number of rotatable bonds is 4. The van der Waals surface area contributed by atoms with Gasteiger partial charge in [-0.1, -0.05) is 121 Å². The Kier molecular flexibility index (Phi) is 6.18. The van der Waals surface area contributed by atoms with Crippen LogP contribution in [0.3, 0.4) is 0 Å². The van der Waals surface area contributed by atoms with E-state index in [0.717, 1.165) is 60.5 Å². The van der Waals surface area contributed by atoms with Gasteiger partial charge >= 0.3 is 0 Å². The van der Waals surface area contributed by atoms with E-state index in [9.17, 15) is 0 Å². The van der Waals surface area contributed by atoms with Crippen molar-refractivity contribution in [3.05, 3.63) is 164 Å². The number of para-hydroxylation sites is 5. The molecule has 252 valence electrons. The fraction of sp³-hybridized carbons (Fsp3) is 0. The fourth-order valence-electron chi connectivity index (χ4n) is 8.22. The Morgan fingerprint density at radius 3 is 2.04 bits per heavy atom. The summed E-state index contributed by atoms with van der Waals surface area (Å²) in [6.45, 7) is 0. The first-order valence-electron chi connectivity index (χ1n) is 18.0. The van der Waals surface area contributed by atoms with Crippen molar-refractivity contribution < 1.29 is 4.42 Å². The largest absolute Gasteiger partial charge is 0.455 e. The van der Waals surface area contributed by atoms with Gasteiger partial charge in [-0.25, -0.2) is 15.0 Å². The molecule has 0 saturated carbocycles. The van der Waals surface area contributed by atoms with E-state index in [4.69, 9.17) is 19.4 Å². The van der Waals surface area contributed by atoms with Crippen LogP contribution in [-0.4, -0.2) is 24.1 Å². The summed E-state index contributed by atoms with van der Waals surface area (Å²) < 4.78 is 11.3. The average Bonchev–Trinajstić information content (AvgIpc) is 3.90. The molecular weight excluding hydrogens is 683 g/mol. The molecule has 7 aromatic carbocycles. The van der Waals surface area contributed by atoms with Gasteiger partial charge in [0, 0.05) is 53.5 Å². The maximum absolute atomic E-state index is 6.45. The molecule has 0 N–H and O–H groups in total. The molecule has 1 aliphatic rings. The molecule has 0 radical (unpaired) electrons. The molecule has 11 aromatic rings. The Balaban J connectivity index is 1.09. The summed E-state index contributed by atoms with van der Waals surface area (Å²) >= 11 is 1.80. The second-order valence-corrected chi connectivity index (χ2v) is 14.7. The Bertz CT molecular complexity index is 3310. The van der Waals surface area contributed by atoms with Crippen molar-refractivity contribution in [3.63, 3.8) is 0 Å². The van der Waals surface area contributed by atoms with Gasteiger partial charge in [0.25, 0.3) is 0 Å². The maximum atomic E-state index is 6.45. The highest BCUT2D eigenvalue weighted by molar-refractivity contribution is 7.99. The summed E-state index contributed by atoms with van der Waals surface area (Å²) in [4.78, 5) is 17.7. The minimum Gasteiger partial charge on any atom is -0.455 e. The average molecular weight is 710 g/mol. The number of aromatic nitrogens is 5. The van der Waals surface area contributed by atoms with Gasteiger partial charge in [-0.05, 0) is 54.6 Å². The van der Waals surface area contributed by atoms with Crippen LogP contribution in [0.2, 0.25) is 0 Å². The molecule has 0 amide bonds. The van der Waals surface area contributed by atoms with Gasteiger partial charge in [0.15, 0.2) is 17.5 Å². The number of furan rings is 1. The minimum atomic E-state index is 0.570. The monoisotopic (exact) mass is 709 g/mol. The van der Waals surface area contributed by atoms with E-state index in [1.54, 1.807) is 11.8 Å². The highest BCUT2D eigenvalue weighted by Crippen LogP contribution is 2.50. The zero-order valence-electron chi connectivity index (χ0n) is 28.6. The van der Waals surface area contributed by atoms with Gasteiger partial charge in [-0.15, -0.1) is 0 Å². The predicted octanol–water partition coefficient (Wildman–Crippen LogP) is 12.3. The summed E-state index contributed by atoms with van der Waals surface area (Å²) in [5.41, 5.74) is 10.1. The first kappa shape index (κ1) is 29.6. The molecule has 4 aromatic heterocycles. The second kappa shape index (κ2) is 11.3. The number of benzene rings is 7. The highest BCUT2D eigenvalue weighted by Gasteiger charge is 2.28. The summed E-state index contributed by atoms with van der Waals surface area (Å²) in [6, 6.07) is 57.1. The van der Waals surface area contributed by atoms with Gasteiger partial charge in [0.05, 0.1) is 22.3 Å². The smallest absolute Gasteiger partial charge is 0.167 e. The van der Waals surface area contributed by atoms with Gasteiger partial charge in [-0.3, -0.25) is 9.13 Å². The van der Waals surface area contributed by atoms with E-state index in [0.29, 0.717) is 17.5 Å². The van der Waals surface area contributed by atoms with Crippen LogP contribution in [0.4, 0.5) is 0 Å². The molecule has 1 aliphatic heterocycles. The summed E-state index contributed by atoms with van der Waals surface area (Å²) in [5.74, 6) is 1.79. The molecule has 6 nitrogen and oxygen atoms in total. The van der Waals surface area contributed by atoms with E-state index in [1.807, 2.05) is 60.7 Å². The van der Waals surface area contributed by atoms with Gasteiger partial charge in [0.2, 0.25) is 0 Å². The van der Waals surface area contributed by atoms with Gasteiger partial charge in [0.1, 0.15) is 16.8 Å². The van der Waals surface area contributed by atoms with Crippen LogP contribution in [-0.2, 0) is 0 Å². The predicted molar refractivity (Wildman–Crippen MR) is 219 cm³/mol. The Labute approximate surface area is 313 Å². The molecule has 7 heteroatoms. The van der Waals surface area contributed by atoms with Crippen molar-refractivity contribution in [2.45, 2.75) is 9.79 Å². The first-order valence-corrected chi connectivity index (χ1v) is 18.8. The van der Waals surface area contributed by atoms with Crippen LogP contribution in [0, 0.1) is 0 Å². The standard InChI is InChI=1S/C47H27N5OS/c1-3-13-28(14-4-1)44-48-45(50-46(49-44)35-21-11-19-32-31-17-8-10-23-38(31)53-43(32)35)29-25-26-37-40(27-29)54-39-24-12-20-34-41-33-18-7-9-22-36(33)51(30-15-5-2-6-16-30)47(41)52(37)42(34)39/h1-27H. The normalized spacial score (nSPS) is 12.4. The number of nitrogens with zero attached hydrogens (tertiary/aromatic N) is 5. The van der Waals surface area contributed by atoms with Crippen molar-refractivity contribution in [1.82, 2.24) is 24.1 Å². The fourth-order valence-corrected chi connectivity index (χ4v) is 9.35. The van der Waals surface area contributed by atoms with E-state index < -0.39 is 0 Å². The van der Waals surface area contributed by atoms with Crippen LogP contribution in [0.15, 0.2) is 178 Å². The molecule has 0 saturated heterocycles. The summed E-state index contributed by atoms with van der Waals surface area (Å²) in [5, 5.41) is 5.86. The van der Waals surface area contributed by atoms with Gasteiger partial charge < -0.3 is 4.42 Å². The topological polar surface area (TPSA) is 61.7 Å². The van der Waals surface area contributed by atoms with Gasteiger partial charge in [-0.2, -0.15) is 0 Å². The van der Waals surface area contributed by atoms with E-state index in [2.05, 4.69) is 112 Å². The highest BCUT2D eigenvalue weighted by atomic mass is 32.2. The Morgan fingerprint density at radius 1 is 0.481 bits per heavy atom. The molecular formula is C47H27N5OS. The number of hydrogen-bond donors (Lipinski definition) is 0. The van der Waals surface area contributed by atoms with Crippen molar-refractivity contribution >= 4 is 66.5 Å². The lowest BCUT2D eigenvalue weighted by Crippen LogP contribution is -2.06. The first-order chi connectivity index (χ1) is 26.8. The van der Waals surface area contributed by atoms with Crippen LogP contribution < -0.4 is 0 Å². The van der Waals surface area contributed by atoms with Crippen LogP contribution in [0.25, 0.3) is 100 Å². The van der Waals surface area contributed by atoms with Crippen LogP contribution >= 0.6 is 11.8 Å². The number of fused-ring (bicyclic) bond motifs is 10. The molecule has 0 fully saturated rings. The molecule has 0 bridgehead atoms. The maximum Gasteiger partial charge on any atom is 0.167 e.